The topological polar surface area (TPSA) is 166 Å². The normalized spacial score (nSPS) is 11.2. The van der Waals surface area contributed by atoms with Crippen molar-refractivity contribution >= 4 is 39.0 Å². The molecule has 0 atom stereocenters. The number of hydrazone groups is 1. The summed E-state index contributed by atoms with van der Waals surface area (Å²) in [6.07, 6.45) is 1.24. The molecule has 0 bridgehead atoms. The summed E-state index contributed by atoms with van der Waals surface area (Å²) in [5, 5.41) is 26.2. The van der Waals surface area contributed by atoms with Gasteiger partial charge in [0.2, 0.25) is 0 Å². The van der Waals surface area contributed by atoms with Gasteiger partial charge in [0.05, 0.1) is 33.8 Å². The van der Waals surface area contributed by atoms with Crippen LogP contribution >= 0.6 is 0 Å². The number of nitro benzene ring substituents is 2. The molecule has 0 aliphatic heterocycles. The van der Waals surface area contributed by atoms with Crippen LogP contribution in [0.25, 0.3) is 0 Å². The van der Waals surface area contributed by atoms with Gasteiger partial charge in [0.25, 0.3) is 21.4 Å². The van der Waals surface area contributed by atoms with Gasteiger partial charge >= 0.3 is 0 Å². The number of sulfonamides is 1. The second kappa shape index (κ2) is 9.74. The van der Waals surface area contributed by atoms with Crippen LogP contribution in [0.5, 0.6) is 5.75 Å². The van der Waals surface area contributed by atoms with Crippen LogP contribution in [0.1, 0.15) is 5.56 Å². The van der Waals surface area contributed by atoms with Crippen LogP contribution in [-0.4, -0.2) is 31.6 Å². The third kappa shape index (κ3) is 5.59. The van der Waals surface area contributed by atoms with Gasteiger partial charge in [-0.15, -0.1) is 0 Å². The molecule has 0 saturated heterocycles. The van der Waals surface area contributed by atoms with Gasteiger partial charge in [-0.05, 0) is 24.3 Å². The van der Waals surface area contributed by atoms with Crippen molar-refractivity contribution in [3.63, 3.8) is 0 Å². The highest BCUT2D eigenvalue weighted by molar-refractivity contribution is 7.92. The largest absolute Gasteiger partial charge is 0.495 e. The van der Waals surface area contributed by atoms with Gasteiger partial charge in [0.1, 0.15) is 11.4 Å². The SMILES string of the molecule is COc1ccccc1NS(=O)(=O)c1ccc(N/N=C\c2cccc([N+](=O)[O-])c2)c([N+](=O)[O-])c1. The van der Waals surface area contributed by atoms with Crippen LogP contribution in [0, 0.1) is 20.2 Å². The van der Waals surface area contributed by atoms with Crippen LogP contribution in [0.15, 0.2) is 76.7 Å². The molecule has 0 fully saturated rings. The molecule has 0 spiro atoms. The molecule has 0 aliphatic rings. The van der Waals surface area contributed by atoms with Gasteiger partial charge in [-0.1, -0.05) is 24.3 Å². The highest BCUT2D eigenvalue weighted by Crippen LogP contribution is 2.30. The van der Waals surface area contributed by atoms with Crippen molar-refractivity contribution in [3.8, 4) is 5.75 Å². The minimum absolute atomic E-state index is 0.0714. The number of methoxy groups -OCH3 is 1. The van der Waals surface area contributed by atoms with Gasteiger partial charge < -0.3 is 4.74 Å². The molecule has 3 aromatic rings. The van der Waals surface area contributed by atoms with Crippen molar-refractivity contribution in [2.24, 2.45) is 5.10 Å². The number of nitrogens with one attached hydrogen (secondary N) is 2. The van der Waals surface area contributed by atoms with Gasteiger partial charge in [-0.3, -0.25) is 30.4 Å². The average molecular weight is 471 g/mol. The number of hydrogen-bond donors (Lipinski definition) is 2. The smallest absolute Gasteiger partial charge is 0.295 e. The lowest BCUT2D eigenvalue weighted by atomic mass is 10.2. The third-order valence-corrected chi connectivity index (χ3v) is 5.67. The summed E-state index contributed by atoms with van der Waals surface area (Å²) in [7, 11) is -2.78. The Morgan fingerprint density at radius 1 is 0.939 bits per heavy atom. The van der Waals surface area contributed by atoms with E-state index in [1.165, 1.54) is 49.7 Å². The molecular weight excluding hydrogens is 454 g/mol. The predicted molar refractivity (Wildman–Crippen MR) is 121 cm³/mol. The van der Waals surface area contributed by atoms with Crippen molar-refractivity contribution in [2.45, 2.75) is 4.90 Å². The quantitative estimate of drug-likeness (QED) is 0.270. The fourth-order valence-corrected chi connectivity index (χ4v) is 3.84. The van der Waals surface area contributed by atoms with E-state index in [0.29, 0.717) is 5.56 Å². The second-order valence-corrected chi connectivity index (χ2v) is 8.15. The van der Waals surface area contributed by atoms with Crippen molar-refractivity contribution in [2.75, 3.05) is 17.3 Å². The molecule has 12 nitrogen and oxygen atoms in total. The van der Waals surface area contributed by atoms with Crippen LogP contribution in [0.2, 0.25) is 0 Å². The molecule has 170 valence electrons. The number of ether oxygens (including phenoxy) is 1. The van der Waals surface area contributed by atoms with Crippen molar-refractivity contribution < 1.29 is 23.0 Å². The van der Waals surface area contributed by atoms with E-state index in [4.69, 9.17) is 4.74 Å². The van der Waals surface area contributed by atoms with Crippen LogP contribution < -0.4 is 14.9 Å². The number of anilines is 2. The maximum absolute atomic E-state index is 12.7. The highest BCUT2D eigenvalue weighted by Gasteiger charge is 2.22. The van der Waals surface area contributed by atoms with Gasteiger partial charge in [-0.25, -0.2) is 8.42 Å². The molecule has 0 radical (unpaired) electrons. The summed E-state index contributed by atoms with van der Waals surface area (Å²) in [5.74, 6) is 0.282. The lowest BCUT2D eigenvalue weighted by Gasteiger charge is -2.12. The van der Waals surface area contributed by atoms with Gasteiger partial charge in [0, 0.05) is 23.8 Å². The molecule has 0 amide bonds. The van der Waals surface area contributed by atoms with E-state index in [1.807, 2.05) is 0 Å². The summed E-state index contributed by atoms with van der Waals surface area (Å²) in [5.41, 5.74) is 2.28. The lowest BCUT2D eigenvalue weighted by molar-refractivity contribution is -0.384. The molecule has 0 heterocycles. The summed E-state index contributed by atoms with van der Waals surface area (Å²) < 4.78 is 32.9. The first-order valence-electron chi connectivity index (χ1n) is 9.19. The molecule has 2 N–H and O–H groups in total. The first-order valence-corrected chi connectivity index (χ1v) is 10.7. The zero-order valence-electron chi connectivity index (χ0n) is 17.0. The molecule has 0 unspecified atom stereocenters. The first kappa shape index (κ1) is 23.1. The molecule has 3 aromatic carbocycles. The monoisotopic (exact) mass is 471 g/mol. The lowest BCUT2D eigenvalue weighted by Crippen LogP contribution is -2.14. The predicted octanol–water partition coefficient (Wildman–Crippen LogP) is 3.76. The summed E-state index contributed by atoms with van der Waals surface area (Å²) in [6.45, 7) is 0. The number of benzene rings is 3. The summed E-state index contributed by atoms with van der Waals surface area (Å²) in [6, 6.07) is 15.2. The first-order chi connectivity index (χ1) is 15.7. The Kier molecular flexibility index (Phi) is 6.83. The Morgan fingerprint density at radius 3 is 2.39 bits per heavy atom. The number of nitrogens with zero attached hydrogens (tertiary/aromatic N) is 3. The van der Waals surface area contributed by atoms with E-state index >= 15 is 0 Å². The zero-order valence-corrected chi connectivity index (χ0v) is 17.9. The van der Waals surface area contributed by atoms with E-state index in [-0.39, 0.29) is 27.7 Å². The van der Waals surface area contributed by atoms with E-state index < -0.39 is 25.6 Å². The molecular formula is C20H17N5O7S. The summed E-state index contributed by atoms with van der Waals surface area (Å²) >= 11 is 0. The molecule has 13 heteroatoms. The molecule has 33 heavy (non-hydrogen) atoms. The Balaban J connectivity index is 1.85. The fraction of sp³-hybridized carbons (Fsp3) is 0.0500. The zero-order chi connectivity index (χ0) is 24.0. The van der Waals surface area contributed by atoms with E-state index in [1.54, 1.807) is 24.3 Å². The minimum Gasteiger partial charge on any atom is -0.495 e. The van der Waals surface area contributed by atoms with Crippen LogP contribution in [0.3, 0.4) is 0 Å². The highest BCUT2D eigenvalue weighted by atomic mass is 32.2. The Morgan fingerprint density at radius 2 is 1.70 bits per heavy atom. The maximum atomic E-state index is 12.7. The van der Waals surface area contributed by atoms with Crippen molar-refractivity contribution in [1.82, 2.24) is 0 Å². The van der Waals surface area contributed by atoms with Crippen molar-refractivity contribution in [1.29, 1.82) is 0 Å². The molecule has 3 rings (SSSR count). The maximum Gasteiger partial charge on any atom is 0.295 e. The minimum atomic E-state index is -4.16. The fourth-order valence-electron chi connectivity index (χ4n) is 2.75. The molecule has 0 saturated carbocycles. The van der Waals surface area contributed by atoms with Gasteiger partial charge in [0.15, 0.2) is 0 Å². The van der Waals surface area contributed by atoms with Crippen LogP contribution in [-0.2, 0) is 10.0 Å². The molecule has 0 aromatic heterocycles. The summed E-state index contributed by atoms with van der Waals surface area (Å²) in [4.78, 5) is 20.7. The molecule has 0 aliphatic carbocycles. The van der Waals surface area contributed by atoms with Crippen LogP contribution in [0.4, 0.5) is 22.7 Å². The standard InChI is InChI=1S/C20H17N5O7S/c1-32-20-8-3-2-7-18(20)23-33(30,31)16-9-10-17(19(12-16)25(28)29)22-21-13-14-5-4-6-15(11-14)24(26)27/h2-13,22-23H,1H3/b21-13-. The van der Waals surface area contributed by atoms with Gasteiger partial charge in [-0.2, -0.15) is 5.10 Å². The number of hydrogen-bond acceptors (Lipinski definition) is 9. The van der Waals surface area contributed by atoms with E-state index in [2.05, 4.69) is 15.2 Å². The number of para-hydroxylation sites is 2. The third-order valence-electron chi connectivity index (χ3n) is 4.31. The van der Waals surface area contributed by atoms with E-state index in [0.717, 1.165) is 6.07 Å². The Labute approximate surface area is 187 Å². The Bertz CT molecular complexity index is 1340. The average Bonchev–Trinajstić information content (AvgIpc) is 2.79. The number of rotatable bonds is 9. The second-order valence-electron chi connectivity index (χ2n) is 6.46. The number of non-ortho nitro benzene ring substituents is 1. The van der Waals surface area contributed by atoms with E-state index in [9.17, 15) is 28.6 Å². The Hall–Kier alpha value is -4.52. The number of nitro groups is 2. The van der Waals surface area contributed by atoms with Crippen molar-refractivity contribution in [3.05, 3.63) is 92.5 Å².